The van der Waals surface area contributed by atoms with Crippen molar-refractivity contribution in [2.24, 2.45) is 0 Å². The van der Waals surface area contributed by atoms with Gasteiger partial charge in [0.05, 0.1) is 5.56 Å². The maximum absolute atomic E-state index is 12.6. The summed E-state index contributed by atoms with van der Waals surface area (Å²) < 4.78 is 10.5. The summed E-state index contributed by atoms with van der Waals surface area (Å²) in [6, 6.07) is 14.1. The molecule has 2 aromatic carbocycles. The number of fused-ring (bicyclic) bond motifs is 1. The minimum Gasteiger partial charge on any atom is -0.454 e. The van der Waals surface area contributed by atoms with E-state index in [1.807, 2.05) is 37.3 Å². The molecule has 0 saturated heterocycles. The van der Waals surface area contributed by atoms with E-state index in [2.05, 4.69) is 16.2 Å². The third-order valence-electron chi connectivity index (χ3n) is 4.20. The molecule has 0 bridgehead atoms. The fourth-order valence-electron chi connectivity index (χ4n) is 2.90. The number of ether oxygens (including phenoxy) is 2. The van der Waals surface area contributed by atoms with Crippen LogP contribution in [0.15, 0.2) is 53.9 Å². The van der Waals surface area contributed by atoms with Crippen molar-refractivity contribution in [3.8, 4) is 22.6 Å². The lowest BCUT2D eigenvalue weighted by Crippen LogP contribution is -2.43. The topological polar surface area (TPSA) is 88.7 Å². The van der Waals surface area contributed by atoms with Gasteiger partial charge in [-0.1, -0.05) is 30.3 Å². The van der Waals surface area contributed by atoms with E-state index < -0.39 is 6.03 Å². The van der Waals surface area contributed by atoms with E-state index in [4.69, 9.17) is 9.47 Å². The monoisotopic (exact) mass is 395 g/mol. The molecule has 7 nitrogen and oxygen atoms in total. The van der Waals surface area contributed by atoms with Crippen LogP contribution in [-0.4, -0.2) is 18.7 Å². The first-order valence-electron chi connectivity index (χ1n) is 8.52. The Balaban J connectivity index is 1.40. The second-order valence-electron chi connectivity index (χ2n) is 6.05. The summed E-state index contributed by atoms with van der Waals surface area (Å²) >= 11 is 1.49. The second kappa shape index (κ2) is 7.61. The second-order valence-corrected chi connectivity index (χ2v) is 7.13. The normalized spacial score (nSPS) is 11.8. The quantitative estimate of drug-likeness (QED) is 0.587. The van der Waals surface area contributed by atoms with Gasteiger partial charge in [0.2, 0.25) is 6.79 Å². The molecule has 1 aromatic heterocycles. The molecule has 1 aliphatic heterocycles. The molecule has 0 radical (unpaired) electrons. The summed E-state index contributed by atoms with van der Waals surface area (Å²) in [6.45, 7) is 2.12. The van der Waals surface area contributed by atoms with Crippen molar-refractivity contribution in [1.82, 2.24) is 10.9 Å². The van der Waals surface area contributed by atoms with Gasteiger partial charge in [-0.05, 0) is 24.6 Å². The average molecular weight is 395 g/mol. The van der Waals surface area contributed by atoms with Crippen molar-refractivity contribution in [3.05, 3.63) is 64.4 Å². The molecule has 0 saturated carbocycles. The summed E-state index contributed by atoms with van der Waals surface area (Å²) in [4.78, 5) is 25.7. The Hall–Kier alpha value is -3.52. The Bertz CT molecular complexity index is 1030. The van der Waals surface area contributed by atoms with E-state index >= 15 is 0 Å². The Morgan fingerprint density at radius 2 is 1.79 bits per heavy atom. The van der Waals surface area contributed by atoms with Gasteiger partial charge in [0.1, 0.15) is 0 Å². The molecule has 1 aliphatic rings. The highest BCUT2D eigenvalue weighted by atomic mass is 32.1. The zero-order valence-corrected chi connectivity index (χ0v) is 15.8. The first-order valence-corrected chi connectivity index (χ1v) is 9.40. The van der Waals surface area contributed by atoms with Crippen LogP contribution in [0.1, 0.15) is 15.2 Å². The van der Waals surface area contributed by atoms with Crippen molar-refractivity contribution in [1.29, 1.82) is 0 Å². The number of hydrazine groups is 1. The van der Waals surface area contributed by atoms with Gasteiger partial charge < -0.3 is 14.8 Å². The first kappa shape index (κ1) is 17.9. The number of hydrogen-bond acceptors (Lipinski definition) is 5. The molecule has 4 rings (SSSR count). The Kier molecular flexibility index (Phi) is 4.86. The van der Waals surface area contributed by atoms with Gasteiger partial charge in [0, 0.05) is 27.6 Å². The van der Waals surface area contributed by atoms with E-state index in [9.17, 15) is 9.59 Å². The maximum atomic E-state index is 12.6. The molecule has 0 unspecified atom stereocenters. The van der Waals surface area contributed by atoms with Gasteiger partial charge >= 0.3 is 6.03 Å². The van der Waals surface area contributed by atoms with Gasteiger partial charge in [-0.25, -0.2) is 10.2 Å². The van der Waals surface area contributed by atoms with Crippen molar-refractivity contribution >= 4 is 29.0 Å². The number of benzene rings is 2. The van der Waals surface area contributed by atoms with Crippen molar-refractivity contribution in [3.63, 3.8) is 0 Å². The fraction of sp³-hybridized carbons (Fsp3) is 0.100. The number of hydrogen-bond donors (Lipinski definition) is 3. The van der Waals surface area contributed by atoms with Crippen LogP contribution in [0.5, 0.6) is 11.5 Å². The van der Waals surface area contributed by atoms with E-state index in [-0.39, 0.29) is 12.7 Å². The number of urea groups is 1. The summed E-state index contributed by atoms with van der Waals surface area (Å²) in [6.07, 6.45) is 0. The van der Waals surface area contributed by atoms with Gasteiger partial charge in [-0.15, -0.1) is 11.3 Å². The Morgan fingerprint density at radius 3 is 2.61 bits per heavy atom. The lowest BCUT2D eigenvalue weighted by atomic mass is 10.0. The highest BCUT2D eigenvalue weighted by molar-refractivity contribution is 7.10. The van der Waals surface area contributed by atoms with Crippen LogP contribution < -0.4 is 25.6 Å². The predicted molar refractivity (Wildman–Crippen MR) is 107 cm³/mol. The molecular weight excluding hydrogens is 378 g/mol. The number of carbonyl (C=O) groups is 2. The molecule has 0 spiro atoms. The number of amides is 3. The van der Waals surface area contributed by atoms with Crippen LogP contribution in [0.25, 0.3) is 11.1 Å². The van der Waals surface area contributed by atoms with Gasteiger partial charge in [0.15, 0.2) is 11.5 Å². The van der Waals surface area contributed by atoms with Gasteiger partial charge in [-0.3, -0.25) is 10.2 Å². The van der Waals surface area contributed by atoms with Gasteiger partial charge in [0.25, 0.3) is 5.91 Å². The van der Waals surface area contributed by atoms with Crippen molar-refractivity contribution in [2.45, 2.75) is 6.92 Å². The number of thiophene rings is 1. The molecule has 0 fully saturated rings. The molecule has 0 atom stereocenters. The van der Waals surface area contributed by atoms with Gasteiger partial charge in [-0.2, -0.15) is 0 Å². The number of rotatable bonds is 3. The van der Waals surface area contributed by atoms with E-state index in [1.165, 1.54) is 11.3 Å². The predicted octanol–water partition coefficient (Wildman–Crippen LogP) is 3.92. The maximum Gasteiger partial charge on any atom is 0.337 e. The van der Waals surface area contributed by atoms with Crippen molar-refractivity contribution in [2.75, 3.05) is 12.1 Å². The zero-order valence-electron chi connectivity index (χ0n) is 14.9. The molecule has 3 aromatic rings. The number of anilines is 1. The molecule has 0 aliphatic carbocycles. The van der Waals surface area contributed by atoms with Crippen LogP contribution >= 0.6 is 11.3 Å². The van der Waals surface area contributed by atoms with Crippen LogP contribution in [0, 0.1) is 6.92 Å². The SMILES string of the molecule is Cc1scc(C(=O)NNC(=O)Nc2ccc3c(c2)OCO3)c1-c1ccccc1. The minimum atomic E-state index is -0.569. The van der Waals surface area contributed by atoms with E-state index in [0.29, 0.717) is 22.7 Å². The summed E-state index contributed by atoms with van der Waals surface area (Å²) in [7, 11) is 0. The number of nitrogens with one attached hydrogen (secondary N) is 3. The fourth-order valence-corrected chi connectivity index (χ4v) is 3.77. The zero-order chi connectivity index (χ0) is 19.5. The molecule has 8 heteroatoms. The Labute approximate surface area is 165 Å². The van der Waals surface area contributed by atoms with Crippen molar-refractivity contribution < 1.29 is 19.1 Å². The smallest absolute Gasteiger partial charge is 0.337 e. The standard InChI is InChI=1S/C20H17N3O4S/c1-12-18(13-5-3-2-4-6-13)15(10-28-12)19(24)22-23-20(25)21-14-7-8-16-17(9-14)27-11-26-16/h2-10H,11H2,1H3,(H,22,24)(H2,21,23,25). The van der Waals surface area contributed by atoms with E-state index in [0.717, 1.165) is 16.0 Å². The van der Waals surface area contributed by atoms with Crippen LogP contribution in [-0.2, 0) is 0 Å². The summed E-state index contributed by atoms with van der Waals surface area (Å²) in [5.74, 6) is 0.799. The molecule has 142 valence electrons. The number of carbonyl (C=O) groups excluding carboxylic acids is 2. The summed E-state index contributed by atoms with van der Waals surface area (Å²) in [5.41, 5.74) is 7.66. The third-order valence-corrected chi connectivity index (χ3v) is 5.11. The lowest BCUT2D eigenvalue weighted by Gasteiger charge is -2.10. The molecule has 28 heavy (non-hydrogen) atoms. The highest BCUT2D eigenvalue weighted by Crippen LogP contribution is 2.34. The first-order chi connectivity index (χ1) is 13.6. The molecule has 3 N–H and O–H groups in total. The third kappa shape index (κ3) is 3.63. The average Bonchev–Trinajstić information content (AvgIpc) is 3.32. The minimum absolute atomic E-state index is 0.158. The summed E-state index contributed by atoms with van der Waals surface area (Å²) in [5, 5.41) is 4.41. The van der Waals surface area contributed by atoms with Crippen LogP contribution in [0.4, 0.5) is 10.5 Å². The molecule has 2 heterocycles. The van der Waals surface area contributed by atoms with Crippen LogP contribution in [0.3, 0.4) is 0 Å². The lowest BCUT2D eigenvalue weighted by molar-refractivity contribution is 0.0939. The largest absolute Gasteiger partial charge is 0.454 e. The van der Waals surface area contributed by atoms with E-state index in [1.54, 1.807) is 23.6 Å². The number of aryl methyl sites for hydroxylation is 1. The van der Waals surface area contributed by atoms with Crippen LogP contribution in [0.2, 0.25) is 0 Å². The highest BCUT2D eigenvalue weighted by Gasteiger charge is 2.18. The Morgan fingerprint density at radius 1 is 1.00 bits per heavy atom. The molecule has 3 amide bonds. The molecular formula is C20H17N3O4S.